The van der Waals surface area contributed by atoms with Gasteiger partial charge in [-0.3, -0.25) is 14.2 Å². The van der Waals surface area contributed by atoms with E-state index in [4.69, 9.17) is 0 Å². The zero-order chi connectivity index (χ0) is 21.0. The first-order valence-corrected chi connectivity index (χ1v) is 10.6. The Morgan fingerprint density at radius 2 is 1.86 bits per heavy atom. The van der Waals surface area contributed by atoms with E-state index in [0.717, 1.165) is 12.0 Å². The predicted octanol–water partition coefficient (Wildman–Crippen LogP) is 4.48. The van der Waals surface area contributed by atoms with E-state index >= 15 is 0 Å². The van der Waals surface area contributed by atoms with Crippen molar-refractivity contribution < 1.29 is 9.18 Å². The van der Waals surface area contributed by atoms with Crippen LogP contribution in [0, 0.1) is 5.82 Å². The average molecular weight is 414 g/mol. The summed E-state index contributed by atoms with van der Waals surface area (Å²) < 4.78 is 14.7. The van der Waals surface area contributed by atoms with Gasteiger partial charge in [0, 0.05) is 6.04 Å². The molecule has 2 atom stereocenters. The van der Waals surface area contributed by atoms with Crippen LogP contribution in [0.5, 0.6) is 0 Å². The molecule has 0 aliphatic carbocycles. The van der Waals surface area contributed by atoms with Gasteiger partial charge in [0.25, 0.3) is 5.56 Å². The number of aromatic nitrogens is 2. The summed E-state index contributed by atoms with van der Waals surface area (Å²) in [6, 6.07) is 13.0. The number of rotatable bonds is 7. The minimum absolute atomic E-state index is 0.0247. The number of nitrogens with one attached hydrogen (secondary N) is 1. The van der Waals surface area contributed by atoms with Crippen LogP contribution in [0.2, 0.25) is 0 Å². The van der Waals surface area contributed by atoms with Crippen LogP contribution in [0.15, 0.2) is 58.5 Å². The summed E-state index contributed by atoms with van der Waals surface area (Å²) in [6.07, 6.45) is 0.779. The second kappa shape index (κ2) is 9.22. The third-order valence-electron chi connectivity index (χ3n) is 4.89. The minimum atomic E-state index is -0.312. The Balaban J connectivity index is 1.78. The van der Waals surface area contributed by atoms with Crippen molar-refractivity contribution in [3.05, 3.63) is 70.3 Å². The van der Waals surface area contributed by atoms with Gasteiger partial charge >= 0.3 is 0 Å². The van der Waals surface area contributed by atoms with E-state index in [0.29, 0.717) is 16.1 Å². The largest absolute Gasteiger partial charge is 0.349 e. The summed E-state index contributed by atoms with van der Waals surface area (Å²) in [5.74, 6) is -0.356. The quantitative estimate of drug-likeness (QED) is 0.458. The first-order chi connectivity index (χ1) is 13.9. The number of para-hydroxylation sites is 1. The highest BCUT2D eigenvalue weighted by atomic mass is 32.2. The Bertz CT molecular complexity index is 1070. The number of nitrogens with zero attached hydrogens (tertiary/aromatic N) is 2. The highest BCUT2D eigenvalue weighted by Crippen LogP contribution is 2.22. The fourth-order valence-electron chi connectivity index (χ4n) is 3.05. The molecule has 7 heteroatoms. The summed E-state index contributed by atoms with van der Waals surface area (Å²) in [7, 11) is 0. The highest BCUT2D eigenvalue weighted by Gasteiger charge is 2.17. The molecule has 1 aromatic heterocycles. The second-order valence-corrected chi connectivity index (χ2v) is 7.92. The third kappa shape index (κ3) is 4.85. The van der Waals surface area contributed by atoms with Gasteiger partial charge in [-0.1, -0.05) is 43.0 Å². The molecule has 1 amide bonds. The average Bonchev–Trinajstić information content (AvgIpc) is 2.72. The molecule has 3 aromatic rings. The molecule has 0 saturated carbocycles. The van der Waals surface area contributed by atoms with Crippen LogP contribution in [-0.2, 0) is 4.79 Å². The molecule has 0 radical (unpaired) electrons. The van der Waals surface area contributed by atoms with Crippen molar-refractivity contribution in [2.24, 2.45) is 0 Å². The maximum absolute atomic E-state index is 13.1. The lowest BCUT2D eigenvalue weighted by atomic mass is 10.1. The molecule has 5 nitrogen and oxygen atoms in total. The maximum atomic E-state index is 13.1. The first-order valence-electron chi connectivity index (χ1n) is 9.59. The van der Waals surface area contributed by atoms with Crippen molar-refractivity contribution in [2.45, 2.75) is 44.4 Å². The number of hydrogen-bond acceptors (Lipinski definition) is 4. The molecule has 3 rings (SSSR count). The van der Waals surface area contributed by atoms with Gasteiger partial charge in [0.2, 0.25) is 5.91 Å². The van der Waals surface area contributed by atoms with E-state index in [1.165, 1.54) is 23.9 Å². The Hall–Kier alpha value is -2.67. The van der Waals surface area contributed by atoms with E-state index in [1.807, 2.05) is 32.9 Å². The summed E-state index contributed by atoms with van der Waals surface area (Å²) in [5, 5.41) is 4.01. The molecule has 0 unspecified atom stereocenters. The molecule has 0 aliphatic rings. The zero-order valence-electron chi connectivity index (χ0n) is 16.7. The number of carbonyl (C=O) groups excluding carboxylic acids is 1. The normalized spacial score (nSPS) is 13.2. The van der Waals surface area contributed by atoms with Crippen LogP contribution in [0.25, 0.3) is 10.9 Å². The minimum Gasteiger partial charge on any atom is -0.349 e. The molecule has 29 heavy (non-hydrogen) atoms. The molecule has 0 saturated heterocycles. The molecule has 0 spiro atoms. The van der Waals surface area contributed by atoms with Gasteiger partial charge in [-0.05, 0) is 50.1 Å². The van der Waals surface area contributed by atoms with Crippen LogP contribution in [0.1, 0.15) is 44.8 Å². The van der Waals surface area contributed by atoms with Crippen LogP contribution < -0.4 is 10.9 Å². The molecule has 0 aliphatic heterocycles. The standard InChI is InChI=1S/C22H24FN3O2S/c1-4-14(2)26-21(28)18-7-5-6-8-19(18)25-22(26)29-13-20(27)24-15(3)16-9-11-17(23)12-10-16/h5-12,14-15H,4,13H2,1-3H3,(H,24,27)/t14-,15-/m0/s1. The summed E-state index contributed by atoms with van der Waals surface area (Å²) in [6.45, 7) is 5.83. The number of carbonyl (C=O) groups is 1. The van der Waals surface area contributed by atoms with Crippen LogP contribution in [0.4, 0.5) is 4.39 Å². The molecule has 1 heterocycles. The molecule has 2 aromatic carbocycles. The smallest absolute Gasteiger partial charge is 0.262 e. The van der Waals surface area contributed by atoms with Crippen molar-refractivity contribution in [3.8, 4) is 0 Å². The van der Waals surface area contributed by atoms with Crippen molar-refractivity contribution in [3.63, 3.8) is 0 Å². The SMILES string of the molecule is CC[C@H](C)n1c(SCC(=O)N[C@@H](C)c2ccc(F)cc2)nc2ccccc2c1=O. The lowest BCUT2D eigenvalue weighted by Gasteiger charge is -2.18. The van der Waals surface area contributed by atoms with Crippen LogP contribution >= 0.6 is 11.8 Å². The van der Waals surface area contributed by atoms with E-state index in [9.17, 15) is 14.0 Å². The van der Waals surface area contributed by atoms with Gasteiger partial charge in [0.05, 0.1) is 22.7 Å². The van der Waals surface area contributed by atoms with E-state index in [1.54, 1.807) is 28.8 Å². The topological polar surface area (TPSA) is 64.0 Å². The first kappa shape index (κ1) is 21.0. The number of fused-ring (bicyclic) bond motifs is 1. The summed E-state index contributed by atoms with van der Waals surface area (Å²) in [5.41, 5.74) is 1.36. The monoisotopic (exact) mass is 413 g/mol. The van der Waals surface area contributed by atoms with Gasteiger partial charge in [0.15, 0.2) is 5.16 Å². The number of thioether (sulfide) groups is 1. The van der Waals surface area contributed by atoms with E-state index in [-0.39, 0.29) is 35.1 Å². The highest BCUT2D eigenvalue weighted by molar-refractivity contribution is 7.99. The Morgan fingerprint density at radius 3 is 2.55 bits per heavy atom. The third-order valence-corrected chi connectivity index (χ3v) is 5.84. The van der Waals surface area contributed by atoms with Crippen molar-refractivity contribution >= 4 is 28.6 Å². The second-order valence-electron chi connectivity index (χ2n) is 6.97. The molecular weight excluding hydrogens is 389 g/mol. The summed E-state index contributed by atoms with van der Waals surface area (Å²) >= 11 is 1.25. The lowest BCUT2D eigenvalue weighted by Crippen LogP contribution is -2.29. The van der Waals surface area contributed by atoms with Gasteiger partial charge in [-0.25, -0.2) is 9.37 Å². The van der Waals surface area contributed by atoms with Crippen molar-refractivity contribution in [1.29, 1.82) is 0 Å². The molecule has 0 fully saturated rings. The Kier molecular flexibility index (Phi) is 6.69. The van der Waals surface area contributed by atoms with Gasteiger partial charge < -0.3 is 5.32 Å². The van der Waals surface area contributed by atoms with Crippen LogP contribution in [0.3, 0.4) is 0 Å². The van der Waals surface area contributed by atoms with Gasteiger partial charge in [-0.15, -0.1) is 0 Å². The fourth-order valence-corrected chi connectivity index (χ4v) is 3.96. The van der Waals surface area contributed by atoms with Gasteiger partial charge in [-0.2, -0.15) is 0 Å². The maximum Gasteiger partial charge on any atom is 0.262 e. The zero-order valence-corrected chi connectivity index (χ0v) is 17.5. The number of amides is 1. The van der Waals surface area contributed by atoms with E-state index < -0.39 is 0 Å². The van der Waals surface area contributed by atoms with Crippen molar-refractivity contribution in [2.75, 3.05) is 5.75 Å². The number of halogens is 1. The fraction of sp³-hybridized carbons (Fsp3) is 0.318. The predicted molar refractivity (Wildman–Crippen MR) is 115 cm³/mol. The van der Waals surface area contributed by atoms with Gasteiger partial charge in [0.1, 0.15) is 5.82 Å². The molecule has 0 bridgehead atoms. The molecule has 152 valence electrons. The van der Waals surface area contributed by atoms with Crippen molar-refractivity contribution in [1.82, 2.24) is 14.9 Å². The number of hydrogen-bond donors (Lipinski definition) is 1. The lowest BCUT2D eigenvalue weighted by molar-refractivity contribution is -0.119. The Morgan fingerprint density at radius 1 is 1.17 bits per heavy atom. The molecule has 1 N–H and O–H groups in total. The Labute approximate surface area is 173 Å². The van der Waals surface area contributed by atoms with E-state index in [2.05, 4.69) is 10.3 Å². The number of benzene rings is 2. The van der Waals surface area contributed by atoms with Crippen LogP contribution in [-0.4, -0.2) is 21.2 Å². The summed E-state index contributed by atoms with van der Waals surface area (Å²) in [4.78, 5) is 30.0. The molecular formula is C22H24FN3O2S.